The summed E-state index contributed by atoms with van der Waals surface area (Å²) in [5, 5.41) is 19.3. The molecular weight excluding hydrogens is 406 g/mol. The molecule has 0 radical (unpaired) electrons. The molecular formula is C21H16ClN5O3. The van der Waals surface area contributed by atoms with Crippen LogP contribution in [0.1, 0.15) is 21.6 Å². The third-order valence-electron chi connectivity index (χ3n) is 4.60. The van der Waals surface area contributed by atoms with Crippen molar-refractivity contribution < 1.29 is 9.72 Å². The van der Waals surface area contributed by atoms with E-state index in [1.165, 1.54) is 16.8 Å². The van der Waals surface area contributed by atoms with E-state index in [9.17, 15) is 14.9 Å². The van der Waals surface area contributed by atoms with Crippen molar-refractivity contribution in [3.05, 3.63) is 86.6 Å². The molecule has 0 spiro atoms. The zero-order valence-corrected chi connectivity index (χ0v) is 16.8. The Hall–Kier alpha value is -3.78. The van der Waals surface area contributed by atoms with Crippen LogP contribution in [0.25, 0.3) is 16.7 Å². The fourth-order valence-electron chi connectivity index (χ4n) is 3.19. The maximum absolute atomic E-state index is 12.7. The van der Waals surface area contributed by atoms with E-state index in [0.29, 0.717) is 17.3 Å². The van der Waals surface area contributed by atoms with Crippen molar-refractivity contribution in [2.24, 2.45) is 0 Å². The normalized spacial score (nSPS) is 10.9. The molecule has 0 bridgehead atoms. The average Bonchev–Trinajstić information content (AvgIpc) is 3.08. The summed E-state index contributed by atoms with van der Waals surface area (Å²) >= 11 is 5.83. The number of hydrogen-bond donors (Lipinski definition) is 1. The maximum Gasteiger partial charge on any atom is 0.288 e. The smallest absolute Gasteiger partial charge is 0.288 e. The SMILES string of the molecule is Cc1cc(NC(=O)c2ccc(Cl)c([N+](=O)[O-])c2)n(-c2cc(C)c3ccccc3n2)n1. The first-order chi connectivity index (χ1) is 14.3. The summed E-state index contributed by atoms with van der Waals surface area (Å²) in [6.07, 6.45) is 0. The number of pyridine rings is 1. The van der Waals surface area contributed by atoms with Crippen LogP contribution in [0, 0.1) is 24.0 Å². The number of aryl methyl sites for hydroxylation is 2. The molecule has 0 saturated carbocycles. The topological polar surface area (TPSA) is 103 Å². The van der Waals surface area contributed by atoms with Crippen molar-refractivity contribution >= 4 is 39.9 Å². The molecule has 1 N–H and O–H groups in total. The summed E-state index contributed by atoms with van der Waals surface area (Å²) in [4.78, 5) is 27.9. The van der Waals surface area contributed by atoms with Crippen LogP contribution in [0.15, 0.2) is 54.6 Å². The van der Waals surface area contributed by atoms with Gasteiger partial charge in [0.15, 0.2) is 5.82 Å². The number of carbonyl (C=O) groups is 1. The molecule has 30 heavy (non-hydrogen) atoms. The molecule has 2 aromatic heterocycles. The van der Waals surface area contributed by atoms with Crippen molar-refractivity contribution in [3.8, 4) is 5.82 Å². The minimum atomic E-state index is -0.630. The number of nitro benzene ring substituents is 1. The summed E-state index contributed by atoms with van der Waals surface area (Å²) in [6, 6.07) is 15.2. The Morgan fingerprint density at radius 1 is 1.13 bits per heavy atom. The van der Waals surface area contributed by atoms with Crippen LogP contribution in [0.2, 0.25) is 5.02 Å². The second-order valence-corrected chi connectivity index (χ2v) is 7.18. The molecule has 4 rings (SSSR count). The molecule has 0 aliphatic heterocycles. The van der Waals surface area contributed by atoms with Gasteiger partial charge in [0.2, 0.25) is 0 Å². The third kappa shape index (κ3) is 3.60. The van der Waals surface area contributed by atoms with E-state index in [0.717, 1.165) is 22.5 Å². The number of benzene rings is 2. The van der Waals surface area contributed by atoms with Gasteiger partial charge in [-0.1, -0.05) is 29.8 Å². The fourth-order valence-corrected chi connectivity index (χ4v) is 3.37. The number of aromatic nitrogens is 3. The van der Waals surface area contributed by atoms with Gasteiger partial charge >= 0.3 is 0 Å². The van der Waals surface area contributed by atoms with Crippen LogP contribution in [0.3, 0.4) is 0 Å². The average molecular weight is 422 g/mol. The van der Waals surface area contributed by atoms with Crippen molar-refractivity contribution in [2.45, 2.75) is 13.8 Å². The summed E-state index contributed by atoms with van der Waals surface area (Å²) in [5.41, 5.74) is 2.29. The van der Waals surface area contributed by atoms with Crippen molar-refractivity contribution in [1.29, 1.82) is 0 Å². The highest BCUT2D eigenvalue weighted by molar-refractivity contribution is 6.32. The van der Waals surface area contributed by atoms with Gasteiger partial charge in [0.1, 0.15) is 10.8 Å². The Bertz CT molecular complexity index is 1320. The first-order valence-electron chi connectivity index (χ1n) is 9.02. The standard InChI is InChI=1S/C21H16ClN5O3/c1-12-9-19(23-17-6-4-3-5-15(12)17)26-20(10-13(2)25-26)24-21(28)14-7-8-16(22)18(11-14)27(29)30/h3-11H,1-2H3,(H,24,28). The largest absolute Gasteiger partial charge is 0.306 e. The minimum absolute atomic E-state index is 0.0340. The van der Waals surface area contributed by atoms with E-state index in [2.05, 4.69) is 15.4 Å². The van der Waals surface area contributed by atoms with Gasteiger partial charge in [0.05, 0.1) is 16.1 Å². The number of amides is 1. The number of nitrogens with one attached hydrogen (secondary N) is 1. The predicted molar refractivity (Wildman–Crippen MR) is 114 cm³/mol. The lowest BCUT2D eigenvalue weighted by atomic mass is 10.1. The van der Waals surface area contributed by atoms with E-state index < -0.39 is 10.8 Å². The molecule has 0 saturated heterocycles. The minimum Gasteiger partial charge on any atom is -0.306 e. The van der Waals surface area contributed by atoms with Crippen molar-refractivity contribution in [1.82, 2.24) is 14.8 Å². The van der Waals surface area contributed by atoms with E-state index >= 15 is 0 Å². The molecule has 8 nitrogen and oxygen atoms in total. The molecule has 2 heterocycles. The second kappa shape index (κ2) is 7.57. The monoisotopic (exact) mass is 421 g/mol. The van der Waals surface area contributed by atoms with Gasteiger partial charge in [-0.05, 0) is 43.7 Å². The Labute approximate surface area is 176 Å². The number of nitro groups is 1. The number of rotatable bonds is 4. The highest BCUT2D eigenvalue weighted by Crippen LogP contribution is 2.26. The number of carbonyl (C=O) groups excluding carboxylic acids is 1. The molecule has 9 heteroatoms. The maximum atomic E-state index is 12.7. The highest BCUT2D eigenvalue weighted by Gasteiger charge is 2.18. The number of halogens is 1. The zero-order chi connectivity index (χ0) is 21.4. The van der Waals surface area contributed by atoms with Crippen molar-refractivity contribution in [3.63, 3.8) is 0 Å². The van der Waals surface area contributed by atoms with Crippen LogP contribution in [-0.4, -0.2) is 25.6 Å². The first-order valence-corrected chi connectivity index (χ1v) is 9.40. The Kier molecular flexibility index (Phi) is 4.93. The molecule has 0 aliphatic rings. The quantitative estimate of drug-likeness (QED) is 0.374. The molecule has 2 aromatic carbocycles. The van der Waals surface area contributed by atoms with Gasteiger partial charge in [-0.3, -0.25) is 14.9 Å². The lowest BCUT2D eigenvalue weighted by Gasteiger charge is -2.11. The Morgan fingerprint density at radius 2 is 1.90 bits per heavy atom. The summed E-state index contributed by atoms with van der Waals surface area (Å²) in [5.74, 6) is 0.433. The molecule has 1 amide bonds. The molecule has 0 atom stereocenters. The summed E-state index contributed by atoms with van der Waals surface area (Å²) < 4.78 is 1.54. The van der Waals surface area contributed by atoms with Gasteiger partial charge in [0.25, 0.3) is 11.6 Å². The van der Waals surface area contributed by atoms with Crippen LogP contribution >= 0.6 is 11.6 Å². The van der Waals surface area contributed by atoms with Gasteiger partial charge in [-0.2, -0.15) is 9.78 Å². The van der Waals surface area contributed by atoms with E-state index in [1.54, 1.807) is 13.0 Å². The Balaban J connectivity index is 1.72. The Morgan fingerprint density at radius 3 is 2.67 bits per heavy atom. The molecule has 4 aromatic rings. The van der Waals surface area contributed by atoms with E-state index in [4.69, 9.17) is 11.6 Å². The molecule has 0 unspecified atom stereocenters. The number of hydrogen-bond acceptors (Lipinski definition) is 5. The van der Waals surface area contributed by atoms with Crippen LogP contribution in [0.4, 0.5) is 11.5 Å². The van der Waals surface area contributed by atoms with Gasteiger partial charge in [-0.15, -0.1) is 0 Å². The van der Waals surface area contributed by atoms with Crippen molar-refractivity contribution in [2.75, 3.05) is 5.32 Å². The summed E-state index contributed by atoms with van der Waals surface area (Å²) in [7, 11) is 0. The number of para-hydroxylation sites is 1. The lowest BCUT2D eigenvalue weighted by molar-refractivity contribution is -0.384. The number of nitrogens with zero attached hydrogens (tertiary/aromatic N) is 4. The van der Waals surface area contributed by atoms with Gasteiger partial charge < -0.3 is 5.32 Å². The third-order valence-corrected chi connectivity index (χ3v) is 4.92. The fraction of sp³-hybridized carbons (Fsp3) is 0.0952. The van der Waals surface area contributed by atoms with Gasteiger partial charge in [0, 0.05) is 23.1 Å². The lowest BCUT2D eigenvalue weighted by Crippen LogP contribution is -2.16. The first kappa shape index (κ1) is 19.5. The molecule has 150 valence electrons. The van der Waals surface area contributed by atoms with Gasteiger partial charge in [-0.25, -0.2) is 4.98 Å². The zero-order valence-electron chi connectivity index (χ0n) is 16.1. The van der Waals surface area contributed by atoms with Crippen LogP contribution in [0.5, 0.6) is 0 Å². The van der Waals surface area contributed by atoms with E-state index in [1.807, 2.05) is 37.3 Å². The number of anilines is 1. The van der Waals surface area contributed by atoms with Crippen LogP contribution < -0.4 is 5.32 Å². The molecule has 0 fully saturated rings. The summed E-state index contributed by atoms with van der Waals surface area (Å²) in [6.45, 7) is 3.78. The molecule has 0 aliphatic carbocycles. The van der Waals surface area contributed by atoms with Crippen LogP contribution in [-0.2, 0) is 0 Å². The van der Waals surface area contributed by atoms with E-state index in [-0.39, 0.29) is 16.3 Å². The predicted octanol–water partition coefficient (Wildman–Crippen LogP) is 4.85. The number of fused-ring (bicyclic) bond motifs is 1. The second-order valence-electron chi connectivity index (χ2n) is 6.77. The highest BCUT2D eigenvalue weighted by atomic mass is 35.5.